The molecule has 5 rings (SSSR count). The van der Waals surface area contributed by atoms with E-state index in [9.17, 15) is 0 Å². The van der Waals surface area contributed by atoms with E-state index in [1.54, 1.807) is 39.8 Å². The Morgan fingerprint density at radius 3 is 2.13 bits per heavy atom. The minimum Gasteiger partial charge on any atom is -0.493 e. The van der Waals surface area contributed by atoms with Crippen LogP contribution in [0.3, 0.4) is 0 Å². The topological polar surface area (TPSA) is 68.2 Å². The van der Waals surface area contributed by atoms with Gasteiger partial charge in [-0.3, -0.25) is 9.99 Å². The predicted octanol–water partition coefficient (Wildman–Crippen LogP) is 7.51. The zero-order chi connectivity index (χ0) is 26.6. The Morgan fingerprint density at radius 1 is 0.816 bits per heavy atom. The van der Waals surface area contributed by atoms with Gasteiger partial charge in [0.1, 0.15) is 0 Å². The van der Waals surface area contributed by atoms with Crippen LogP contribution >= 0.6 is 23.2 Å². The van der Waals surface area contributed by atoms with Gasteiger partial charge in [0.2, 0.25) is 5.75 Å². The van der Waals surface area contributed by atoms with E-state index in [1.807, 2.05) is 53.5 Å². The maximum Gasteiger partial charge on any atom is 0.203 e. The predicted molar refractivity (Wildman–Crippen MR) is 153 cm³/mol. The summed E-state index contributed by atoms with van der Waals surface area (Å²) < 4.78 is 16.8. The Morgan fingerprint density at radius 2 is 1.50 bits per heavy atom. The van der Waals surface area contributed by atoms with E-state index in [1.165, 1.54) is 0 Å². The molecule has 0 saturated heterocycles. The van der Waals surface area contributed by atoms with Crippen LogP contribution in [0.4, 0.5) is 17.1 Å². The molecule has 9 heteroatoms. The van der Waals surface area contributed by atoms with Gasteiger partial charge in [0, 0.05) is 40.2 Å². The van der Waals surface area contributed by atoms with Crippen molar-refractivity contribution >= 4 is 46.0 Å². The SMILES string of the molecule is COc1cc(C2CC(c3cccc(Nc4ccncc4)c3)=NN2c2cc(Cl)cc(Cl)c2)cc(OC)c1OC. The number of hydrazone groups is 1. The molecule has 0 fully saturated rings. The molecule has 4 aromatic rings. The molecule has 0 bridgehead atoms. The Labute approximate surface area is 231 Å². The standard InChI is InChI=1S/C29H26Cl2N4O3/c1-36-27-12-19(13-28(37-2)29(27)38-3)26-17-25(34-35(26)24-15-20(30)14-21(31)16-24)18-5-4-6-23(11-18)33-22-7-9-32-10-8-22/h4-16,26H,17H2,1-3H3,(H,32,33). The van der Waals surface area contributed by atoms with Crippen LogP contribution < -0.4 is 24.5 Å². The number of nitrogens with one attached hydrogen (secondary N) is 1. The molecule has 38 heavy (non-hydrogen) atoms. The first-order chi connectivity index (χ1) is 18.5. The van der Waals surface area contributed by atoms with Gasteiger partial charge in [-0.05, 0) is 65.7 Å². The van der Waals surface area contributed by atoms with Gasteiger partial charge >= 0.3 is 0 Å². The third-order valence-electron chi connectivity index (χ3n) is 6.26. The van der Waals surface area contributed by atoms with Gasteiger partial charge in [-0.2, -0.15) is 5.10 Å². The Balaban J connectivity index is 1.56. The highest BCUT2D eigenvalue weighted by atomic mass is 35.5. The van der Waals surface area contributed by atoms with E-state index in [0.29, 0.717) is 33.7 Å². The Kier molecular flexibility index (Phi) is 7.58. The van der Waals surface area contributed by atoms with Crippen molar-refractivity contribution in [3.63, 3.8) is 0 Å². The second-order valence-corrected chi connectivity index (χ2v) is 9.51. The second kappa shape index (κ2) is 11.2. The molecule has 1 N–H and O–H groups in total. The number of hydrogen-bond donors (Lipinski definition) is 1. The molecule has 0 radical (unpaired) electrons. The van der Waals surface area contributed by atoms with Crippen molar-refractivity contribution < 1.29 is 14.2 Å². The molecule has 1 unspecified atom stereocenters. The maximum absolute atomic E-state index is 6.38. The first kappa shape index (κ1) is 25.7. The number of halogens is 2. The fraction of sp³-hybridized carbons (Fsp3) is 0.172. The summed E-state index contributed by atoms with van der Waals surface area (Å²) in [5, 5.41) is 11.5. The van der Waals surface area contributed by atoms with Crippen LogP contribution in [0.15, 0.2) is 84.2 Å². The summed E-state index contributed by atoms with van der Waals surface area (Å²) in [4.78, 5) is 4.08. The average Bonchev–Trinajstić information content (AvgIpc) is 3.38. The Hall–Kier alpha value is -3.94. The number of pyridine rings is 1. The Bertz CT molecular complexity index is 1430. The van der Waals surface area contributed by atoms with Crippen LogP contribution in [0.2, 0.25) is 10.0 Å². The van der Waals surface area contributed by atoms with Gasteiger partial charge in [0.25, 0.3) is 0 Å². The molecule has 1 aliphatic rings. The summed E-state index contributed by atoms with van der Waals surface area (Å²) >= 11 is 12.8. The van der Waals surface area contributed by atoms with Gasteiger partial charge in [0.15, 0.2) is 11.5 Å². The van der Waals surface area contributed by atoms with E-state index >= 15 is 0 Å². The van der Waals surface area contributed by atoms with Crippen molar-refractivity contribution in [1.82, 2.24) is 4.98 Å². The normalized spacial score (nSPS) is 14.7. The first-order valence-electron chi connectivity index (χ1n) is 11.9. The summed E-state index contributed by atoms with van der Waals surface area (Å²) in [6, 6.07) is 21.1. The lowest BCUT2D eigenvalue weighted by Crippen LogP contribution is -2.19. The quantitative estimate of drug-likeness (QED) is 0.245. The molecule has 1 aliphatic heterocycles. The van der Waals surface area contributed by atoms with Crippen LogP contribution in [-0.2, 0) is 0 Å². The van der Waals surface area contributed by atoms with Crippen molar-refractivity contribution in [2.45, 2.75) is 12.5 Å². The van der Waals surface area contributed by atoms with Gasteiger partial charge in [-0.25, -0.2) is 0 Å². The molecule has 7 nitrogen and oxygen atoms in total. The summed E-state index contributed by atoms with van der Waals surface area (Å²) in [5.74, 6) is 1.68. The first-order valence-corrected chi connectivity index (χ1v) is 12.6. The van der Waals surface area contributed by atoms with Gasteiger partial charge < -0.3 is 19.5 Å². The molecule has 0 spiro atoms. The van der Waals surface area contributed by atoms with Crippen LogP contribution in [-0.4, -0.2) is 32.0 Å². The van der Waals surface area contributed by atoms with E-state index in [2.05, 4.69) is 22.4 Å². The minimum absolute atomic E-state index is 0.176. The van der Waals surface area contributed by atoms with Crippen LogP contribution in [0.1, 0.15) is 23.6 Å². The second-order valence-electron chi connectivity index (χ2n) is 8.64. The largest absolute Gasteiger partial charge is 0.493 e. The number of hydrogen-bond acceptors (Lipinski definition) is 7. The number of benzene rings is 3. The highest BCUT2D eigenvalue weighted by Gasteiger charge is 2.32. The number of ether oxygens (including phenoxy) is 3. The third-order valence-corrected chi connectivity index (χ3v) is 6.70. The highest BCUT2D eigenvalue weighted by Crippen LogP contribution is 2.45. The number of nitrogens with zero attached hydrogens (tertiary/aromatic N) is 3. The van der Waals surface area contributed by atoms with E-state index in [0.717, 1.165) is 33.9 Å². The van der Waals surface area contributed by atoms with Crippen LogP contribution in [0.5, 0.6) is 17.2 Å². The number of aromatic nitrogens is 1. The molecule has 0 amide bonds. The molecular formula is C29H26Cl2N4O3. The summed E-state index contributed by atoms with van der Waals surface area (Å²) in [7, 11) is 4.80. The molecule has 3 aromatic carbocycles. The molecule has 0 aliphatic carbocycles. The molecule has 1 aromatic heterocycles. The van der Waals surface area contributed by atoms with Crippen molar-refractivity contribution in [2.75, 3.05) is 31.7 Å². The lowest BCUT2D eigenvalue weighted by atomic mass is 9.97. The molecule has 2 heterocycles. The summed E-state index contributed by atoms with van der Waals surface area (Å²) in [5.41, 5.74) is 5.54. The molecule has 194 valence electrons. The van der Waals surface area contributed by atoms with Crippen molar-refractivity contribution in [3.05, 3.63) is 100 Å². The number of methoxy groups -OCH3 is 3. The van der Waals surface area contributed by atoms with Gasteiger partial charge in [0.05, 0.1) is 38.8 Å². The van der Waals surface area contributed by atoms with E-state index in [-0.39, 0.29) is 6.04 Å². The fourth-order valence-corrected chi connectivity index (χ4v) is 5.04. The van der Waals surface area contributed by atoms with Gasteiger partial charge in [-0.1, -0.05) is 35.3 Å². The van der Waals surface area contributed by atoms with Crippen molar-refractivity contribution in [3.8, 4) is 17.2 Å². The third kappa shape index (κ3) is 5.35. The summed E-state index contributed by atoms with van der Waals surface area (Å²) in [6.07, 6.45) is 4.13. The fourth-order valence-electron chi connectivity index (χ4n) is 4.53. The molecule has 1 atom stereocenters. The zero-order valence-electron chi connectivity index (χ0n) is 21.1. The van der Waals surface area contributed by atoms with Crippen molar-refractivity contribution in [2.24, 2.45) is 5.10 Å². The molecule has 0 saturated carbocycles. The van der Waals surface area contributed by atoms with E-state index in [4.69, 9.17) is 42.5 Å². The van der Waals surface area contributed by atoms with Crippen molar-refractivity contribution in [1.29, 1.82) is 0 Å². The minimum atomic E-state index is -0.176. The smallest absolute Gasteiger partial charge is 0.203 e. The lowest BCUT2D eigenvalue weighted by molar-refractivity contribution is 0.323. The van der Waals surface area contributed by atoms with Crippen LogP contribution in [0, 0.1) is 0 Å². The zero-order valence-corrected chi connectivity index (χ0v) is 22.6. The average molecular weight is 549 g/mol. The monoisotopic (exact) mass is 548 g/mol. The number of anilines is 3. The summed E-state index contributed by atoms with van der Waals surface area (Å²) in [6.45, 7) is 0. The van der Waals surface area contributed by atoms with Gasteiger partial charge in [-0.15, -0.1) is 0 Å². The lowest BCUT2D eigenvalue weighted by Gasteiger charge is -2.25. The maximum atomic E-state index is 6.38. The van der Waals surface area contributed by atoms with Crippen LogP contribution in [0.25, 0.3) is 0 Å². The van der Waals surface area contributed by atoms with E-state index < -0.39 is 0 Å². The highest BCUT2D eigenvalue weighted by molar-refractivity contribution is 6.35. The number of rotatable bonds is 8. The molecular weight excluding hydrogens is 523 g/mol.